The molecular weight excluding hydrogens is 409 g/mol. The molecule has 0 saturated carbocycles. The van der Waals surface area contributed by atoms with E-state index >= 15 is 0 Å². The van der Waals surface area contributed by atoms with Crippen LogP contribution in [0.4, 0.5) is 5.13 Å². The van der Waals surface area contributed by atoms with Gasteiger partial charge in [-0.15, -0.1) is 10.2 Å². The van der Waals surface area contributed by atoms with Crippen LogP contribution in [0.15, 0.2) is 18.2 Å². The Bertz CT molecular complexity index is 617. The van der Waals surface area contributed by atoms with Gasteiger partial charge in [-0.25, -0.2) is 0 Å². The lowest BCUT2D eigenvalue weighted by molar-refractivity contribution is 0.102. The van der Waals surface area contributed by atoms with Gasteiger partial charge in [0.1, 0.15) is 5.01 Å². The Morgan fingerprint density at radius 3 is 3.00 bits per heavy atom. The van der Waals surface area contributed by atoms with E-state index in [1.807, 2.05) is 6.07 Å². The molecule has 0 atom stereocenters. The van der Waals surface area contributed by atoms with E-state index in [4.69, 9.17) is 11.6 Å². The Hall–Kier alpha value is -0.730. The van der Waals surface area contributed by atoms with Crippen LogP contribution in [0.5, 0.6) is 0 Å². The quantitative estimate of drug-likeness (QED) is 0.729. The maximum absolute atomic E-state index is 12.2. The largest absolute Gasteiger partial charge is 0.296 e. The number of carbonyl (C=O) groups excluding carboxylic acids is 1. The summed E-state index contributed by atoms with van der Waals surface area (Å²) in [6, 6.07) is 5.22. The molecule has 0 spiro atoms. The molecule has 0 radical (unpaired) electrons. The highest BCUT2D eigenvalue weighted by Gasteiger charge is 2.13. The Kier molecular flexibility index (Phi) is 5.74. The summed E-state index contributed by atoms with van der Waals surface area (Å²) in [5.74, 6) is -0.213. The Morgan fingerprint density at radius 1 is 1.45 bits per heavy atom. The summed E-state index contributed by atoms with van der Waals surface area (Å²) in [4.78, 5) is 12.2. The molecule has 0 bridgehead atoms. The van der Waals surface area contributed by atoms with Crippen LogP contribution in [0.25, 0.3) is 0 Å². The third-order valence-corrected chi connectivity index (χ3v) is 4.68. The van der Waals surface area contributed by atoms with E-state index < -0.39 is 0 Å². The van der Waals surface area contributed by atoms with Gasteiger partial charge in [-0.3, -0.25) is 10.1 Å². The van der Waals surface area contributed by atoms with E-state index in [0.29, 0.717) is 15.7 Å². The van der Waals surface area contributed by atoms with Crippen molar-refractivity contribution < 1.29 is 4.79 Å². The van der Waals surface area contributed by atoms with E-state index in [1.165, 1.54) is 11.3 Å². The maximum atomic E-state index is 12.2. The van der Waals surface area contributed by atoms with Crippen LogP contribution in [0.2, 0.25) is 5.02 Å². The van der Waals surface area contributed by atoms with Crippen molar-refractivity contribution in [3.63, 3.8) is 0 Å². The van der Waals surface area contributed by atoms with Crippen LogP contribution < -0.4 is 5.32 Å². The van der Waals surface area contributed by atoms with Crippen LogP contribution in [-0.4, -0.2) is 16.1 Å². The first kappa shape index (κ1) is 15.7. The smallest absolute Gasteiger partial charge is 0.258 e. The average molecular weight is 422 g/mol. The van der Waals surface area contributed by atoms with Gasteiger partial charge in [0, 0.05) is 15.0 Å². The third kappa shape index (κ3) is 4.13. The SMILES string of the molecule is CCCCc1nnc(NC(=O)c2cc(Cl)ccc2I)s1. The number of rotatable bonds is 5. The number of hydrogen-bond donors (Lipinski definition) is 1. The summed E-state index contributed by atoms with van der Waals surface area (Å²) in [5.41, 5.74) is 0.545. The summed E-state index contributed by atoms with van der Waals surface area (Å²) in [6.45, 7) is 2.13. The molecule has 4 nitrogen and oxygen atoms in total. The fourth-order valence-corrected chi connectivity index (χ4v) is 3.10. The average Bonchev–Trinajstić information content (AvgIpc) is 2.86. The van der Waals surface area contributed by atoms with E-state index in [-0.39, 0.29) is 5.91 Å². The lowest BCUT2D eigenvalue weighted by Crippen LogP contribution is -2.13. The molecule has 1 aromatic carbocycles. The number of hydrogen-bond acceptors (Lipinski definition) is 4. The zero-order chi connectivity index (χ0) is 14.5. The Morgan fingerprint density at radius 2 is 2.25 bits per heavy atom. The van der Waals surface area contributed by atoms with Gasteiger partial charge in [0.15, 0.2) is 0 Å². The molecule has 1 amide bonds. The van der Waals surface area contributed by atoms with Crippen LogP contribution in [0, 0.1) is 3.57 Å². The fraction of sp³-hybridized carbons (Fsp3) is 0.308. The van der Waals surface area contributed by atoms with Crippen molar-refractivity contribution in [2.75, 3.05) is 5.32 Å². The molecule has 1 aromatic heterocycles. The number of halogens is 2. The molecule has 20 heavy (non-hydrogen) atoms. The molecular formula is C13H13ClIN3OS. The molecule has 1 N–H and O–H groups in total. The predicted molar refractivity (Wildman–Crippen MR) is 90.6 cm³/mol. The number of benzene rings is 1. The van der Waals surface area contributed by atoms with Crippen molar-refractivity contribution in [2.24, 2.45) is 0 Å². The molecule has 2 rings (SSSR count). The van der Waals surface area contributed by atoms with Gasteiger partial charge >= 0.3 is 0 Å². The molecule has 1 heterocycles. The van der Waals surface area contributed by atoms with Gasteiger partial charge in [0.25, 0.3) is 5.91 Å². The molecule has 0 fully saturated rings. The summed E-state index contributed by atoms with van der Waals surface area (Å²) in [6.07, 6.45) is 3.09. The summed E-state index contributed by atoms with van der Waals surface area (Å²) >= 11 is 9.44. The molecule has 2 aromatic rings. The van der Waals surface area contributed by atoms with Crippen LogP contribution in [0.3, 0.4) is 0 Å². The first-order chi connectivity index (χ1) is 9.60. The van der Waals surface area contributed by atoms with E-state index in [2.05, 4.69) is 45.0 Å². The third-order valence-electron chi connectivity index (χ3n) is 2.60. The zero-order valence-electron chi connectivity index (χ0n) is 10.8. The van der Waals surface area contributed by atoms with Gasteiger partial charge < -0.3 is 0 Å². The molecule has 7 heteroatoms. The molecule has 0 unspecified atom stereocenters. The van der Waals surface area contributed by atoms with Crippen LogP contribution >= 0.6 is 45.5 Å². The molecule has 0 aliphatic carbocycles. The monoisotopic (exact) mass is 421 g/mol. The minimum absolute atomic E-state index is 0.213. The number of carbonyl (C=O) groups is 1. The summed E-state index contributed by atoms with van der Waals surface area (Å²) < 4.78 is 0.847. The second-order valence-electron chi connectivity index (χ2n) is 4.18. The highest BCUT2D eigenvalue weighted by Crippen LogP contribution is 2.21. The lowest BCUT2D eigenvalue weighted by Gasteiger charge is -2.04. The number of aryl methyl sites for hydroxylation is 1. The van der Waals surface area contributed by atoms with Crippen LogP contribution in [0.1, 0.15) is 35.1 Å². The molecule has 0 aliphatic heterocycles. The zero-order valence-corrected chi connectivity index (χ0v) is 14.6. The first-order valence-electron chi connectivity index (χ1n) is 6.19. The van der Waals surface area contributed by atoms with Gasteiger partial charge in [-0.2, -0.15) is 0 Å². The maximum Gasteiger partial charge on any atom is 0.258 e. The van der Waals surface area contributed by atoms with E-state index in [9.17, 15) is 4.79 Å². The van der Waals surface area contributed by atoms with Crippen LogP contribution in [-0.2, 0) is 6.42 Å². The van der Waals surface area contributed by atoms with E-state index in [1.54, 1.807) is 12.1 Å². The Labute approximate surface area is 140 Å². The van der Waals surface area contributed by atoms with Gasteiger partial charge in [-0.1, -0.05) is 36.3 Å². The van der Waals surface area contributed by atoms with Gasteiger partial charge in [0.2, 0.25) is 5.13 Å². The second kappa shape index (κ2) is 7.33. The minimum Gasteiger partial charge on any atom is -0.296 e. The topological polar surface area (TPSA) is 54.9 Å². The molecule has 0 saturated heterocycles. The fourth-order valence-electron chi connectivity index (χ4n) is 1.57. The van der Waals surface area contributed by atoms with Gasteiger partial charge in [0.05, 0.1) is 5.56 Å². The summed E-state index contributed by atoms with van der Waals surface area (Å²) in [5, 5.41) is 12.8. The van der Waals surface area contributed by atoms with Crippen molar-refractivity contribution in [1.29, 1.82) is 0 Å². The highest BCUT2D eigenvalue weighted by molar-refractivity contribution is 14.1. The lowest BCUT2D eigenvalue weighted by atomic mass is 10.2. The number of amides is 1. The summed E-state index contributed by atoms with van der Waals surface area (Å²) in [7, 11) is 0. The van der Waals surface area contributed by atoms with Crippen molar-refractivity contribution in [1.82, 2.24) is 10.2 Å². The number of anilines is 1. The van der Waals surface area contributed by atoms with Crippen molar-refractivity contribution in [2.45, 2.75) is 26.2 Å². The number of unbranched alkanes of at least 4 members (excludes halogenated alkanes) is 1. The number of nitrogens with one attached hydrogen (secondary N) is 1. The second-order valence-corrected chi connectivity index (χ2v) is 6.84. The first-order valence-corrected chi connectivity index (χ1v) is 8.46. The normalized spacial score (nSPS) is 10.6. The molecule has 0 aliphatic rings. The predicted octanol–water partition coefficient (Wildman–Crippen LogP) is 4.39. The Balaban J connectivity index is 2.07. The highest BCUT2D eigenvalue weighted by atomic mass is 127. The van der Waals surface area contributed by atoms with Crippen molar-refractivity contribution >= 4 is 56.6 Å². The van der Waals surface area contributed by atoms with Crippen molar-refractivity contribution in [3.8, 4) is 0 Å². The number of nitrogens with zero attached hydrogens (tertiary/aromatic N) is 2. The molecule has 106 valence electrons. The minimum atomic E-state index is -0.213. The van der Waals surface area contributed by atoms with Crippen molar-refractivity contribution in [3.05, 3.63) is 37.4 Å². The van der Waals surface area contributed by atoms with E-state index in [0.717, 1.165) is 27.8 Å². The standard InChI is InChI=1S/C13H13ClIN3OS/c1-2-3-4-11-17-18-13(20-11)16-12(19)9-7-8(14)5-6-10(9)15/h5-7H,2-4H2,1H3,(H,16,18,19). The van der Waals surface area contributed by atoms with Gasteiger partial charge in [-0.05, 0) is 47.2 Å². The number of aromatic nitrogens is 2.